The zero-order valence-corrected chi connectivity index (χ0v) is 13.5. The van der Waals surface area contributed by atoms with Crippen LogP contribution in [0.1, 0.15) is 49.5 Å². The molecule has 0 saturated heterocycles. The quantitative estimate of drug-likeness (QED) is 0.742. The first kappa shape index (κ1) is 13.1. The molecule has 0 bridgehead atoms. The normalized spacial score (nSPS) is 23.4. The molecule has 2 heterocycles. The number of rotatable bonds is 2. The summed E-state index contributed by atoms with van der Waals surface area (Å²) in [5.74, 6) is 0.828. The first-order valence-electron chi connectivity index (χ1n) is 7.73. The Balaban J connectivity index is 1.76. The molecular formula is C16H20N2S2. The van der Waals surface area contributed by atoms with Crippen LogP contribution in [0.25, 0.3) is 10.2 Å². The maximum Gasteiger partial charge on any atom is 0.128 e. The second-order valence-electron chi connectivity index (χ2n) is 6.24. The molecule has 20 heavy (non-hydrogen) atoms. The van der Waals surface area contributed by atoms with Crippen LogP contribution >= 0.6 is 23.1 Å². The summed E-state index contributed by atoms with van der Waals surface area (Å²) >= 11 is 3.93. The Hall–Kier alpha value is -0.610. The number of hydrogen-bond donors (Lipinski definition) is 0. The van der Waals surface area contributed by atoms with E-state index in [9.17, 15) is 0 Å². The van der Waals surface area contributed by atoms with Crippen molar-refractivity contribution in [2.24, 2.45) is 5.92 Å². The van der Waals surface area contributed by atoms with Gasteiger partial charge in [-0.3, -0.25) is 0 Å². The Labute approximate surface area is 128 Å². The van der Waals surface area contributed by atoms with Crippen molar-refractivity contribution in [2.45, 2.75) is 62.1 Å². The lowest BCUT2D eigenvalue weighted by molar-refractivity contribution is 0.509. The van der Waals surface area contributed by atoms with Gasteiger partial charge in [0.1, 0.15) is 16.2 Å². The summed E-state index contributed by atoms with van der Waals surface area (Å²) in [6, 6.07) is 0. The number of nitrogens with zero attached hydrogens (tertiary/aromatic N) is 2. The third-order valence-electron chi connectivity index (χ3n) is 4.64. The smallest absolute Gasteiger partial charge is 0.128 e. The summed E-state index contributed by atoms with van der Waals surface area (Å²) < 4.78 is 0. The minimum absolute atomic E-state index is 0.783. The van der Waals surface area contributed by atoms with Gasteiger partial charge in [-0.1, -0.05) is 19.8 Å². The molecule has 1 fully saturated rings. The van der Waals surface area contributed by atoms with Gasteiger partial charge in [0, 0.05) is 15.5 Å². The van der Waals surface area contributed by atoms with Crippen molar-refractivity contribution >= 4 is 33.3 Å². The lowest BCUT2D eigenvalue weighted by Crippen LogP contribution is -2.08. The van der Waals surface area contributed by atoms with Crippen LogP contribution in [0.15, 0.2) is 11.4 Å². The van der Waals surface area contributed by atoms with Crippen molar-refractivity contribution in [1.29, 1.82) is 0 Å². The summed E-state index contributed by atoms with van der Waals surface area (Å²) in [6.07, 6.45) is 11.1. The second kappa shape index (κ2) is 5.30. The van der Waals surface area contributed by atoms with Gasteiger partial charge in [0.15, 0.2) is 0 Å². The standard InChI is InChI=1S/C16H20N2S2/c1-10-6-7-12-13(8-10)20-16-14(12)15(17-9-18-16)19-11-4-2-3-5-11/h9-11H,2-8H2,1H3/t10-/m0/s1. The van der Waals surface area contributed by atoms with E-state index in [2.05, 4.69) is 16.9 Å². The topological polar surface area (TPSA) is 25.8 Å². The van der Waals surface area contributed by atoms with Crippen molar-refractivity contribution in [3.8, 4) is 0 Å². The van der Waals surface area contributed by atoms with Crippen molar-refractivity contribution in [2.75, 3.05) is 0 Å². The molecule has 2 aromatic rings. The molecule has 0 aliphatic heterocycles. The average Bonchev–Trinajstić information content (AvgIpc) is 3.05. The van der Waals surface area contributed by atoms with Crippen molar-refractivity contribution in [3.05, 3.63) is 16.8 Å². The highest BCUT2D eigenvalue weighted by Gasteiger charge is 2.25. The third kappa shape index (κ3) is 2.27. The van der Waals surface area contributed by atoms with Gasteiger partial charge in [-0.05, 0) is 43.6 Å². The maximum absolute atomic E-state index is 4.63. The molecule has 0 spiro atoms. The number of aryl methyl sites for hydroxylation is 1. The zero-order chi connectivity index (χ0) is 13.5. The molecule has 1 atom stereocenters. The van der Waals surface area contributed by atoms with Crippen LogP contribution < -0.4 is 0 Å². The molecule has 106 valence electrons. The molecule has 4 rings (SSSR count). The van der Waals surface area contributed by atoms with E-state index in [1.165, 1.54) is 60.2 Å². The number of thiophene rings is 1. The number of thioether (sulfide) groups is 1. The maximum atomic E-state index is 4.63. The van der Waals surface area contributed by atoms with Crippen LogP contribution in [0.2, 0.25) is 0 Å². The molecule has 0 unspecified atom stereocenters. The highest BCUT2D eigenvalue weighted by atomic mass is 32.2. The zero-order valence-electron chi connectivity index (χ0n) is 11.9. The summed E-state index contributed by atoms with van der Waals surface area (Å²) in [4.78, 5) is 12.0. The van der Waals surface area contributed by atoms with Gasteiger partial charge in [-0.2, -0.15) is 0 Å². The van der Waals surface area contributed by atoms with Crippen LogP contribution in [0.4, 0.5) is 0 Å². The predicted molar refractivity (Wildman–Crippen MR) is 86.7 cm³/mol. The van der Waals surface area contributed by atoms with E-state index in [-0.39, 0.29) is 0 Å². The third-order valence-corrected chi connectivity index (χ3v) is 7.14. The molecule has 0 amide bonds. The van der Waals surface area contributed by atoms with E-state index in [1.807, 2.05) is 23.1 Å². The van der Waals surface area contributed by atoms with Gasteiger partial charge in [0.05, 0.1) is 0 Å². The summed E-state index contributed by atoms with van der Waals surface area (Å²) in [7, 11) is 0. The van der Waals surface area contributed by atoms with E-state index in [0.29, 0.717) is 0 Å². The lowest BCUT2D eigenvalue weighted by Gasteiger charge is -2.18. The van der Waals surface area contributed by atoms with Crippen LogP contribution in [-0.2, 0) is 12.8 Å². The largest absolute Gasteiger partial charge is 0.229 e. The highest BCUT2D eigenvalue weighted by molar-refractivity contribution is 8.00. The fourth-order valence-electron chi connectivity index (χ4n) is 3.50. The van der Waals surface area contributed by atoms with Crippen LogP contribution in [0.3, 0.4) is 0 Å². The van der Waals surface area contributed by atoms with Crippen LogP contribution in [0, 0.1) is 5.92 Å². The number of fused-ring (bicyclic) bond motifs is 3. The fourth-order valence-corrected chi connectivity index (χ4v) is 6.25. The Morgan fingerprint density at radius 2 is 2.05 bits per heavy atom. The van der Waals surface area contributed by atoms with Crippen molar-refractivity contribution in [3.63, 3.8) is 0 Å². The molecule has 4 heteroatoms. The summed E-state index contributed by atoms with van der Waals surface area (Å²) in [6.45, 7) is 2.37. The van der Waals surface area contributed by atoms with E-state index in [4.69, 9.17) is 0 Å². The number of aromatic nitrogens is 2. The summed E-state index contributed by atoms with van der Waals surface area (Å²) in [5, 5.41) is 3.44. The van der Waals surface area contributed by atoms with Crippen molar-refractivity contribution < 1.29 is 0 Å². The van der Waals surface area contributed by atoms with Crippen molar-refractivity contribution in [1.82, 2.24) is 9.97 Å². The molecular weight excluding hydrogens is 284 g/mol. The molecule has 1 saturated carbocycles. The molecule has 2 nitrogen and oxygen atoms in total. The Bertz CT molecular complexity index is 629. The molecule has 2 aliphatic carbocycles. The van der Waals surface area contributed by atoms with Gasteiger partial charge in [-0.15, -0.1) is 23.1 Å². The highest BCUT2D eigenvalue weighted by Crippen LogP contribution is 2.43. The fraction of sp³-hybridized carbons (Fsp3) is 0.625. The van der Waals surface area contributed by atoms with E-state index in [0.717, 1.165) is 11.2 Å². The number of hydrogen-bond acceptors (Lipinski definition) is 4. The monoisotopic (exact) mass is 304 g/mol. The van der Waals surface area contributed by atoms with Crippen LogP contribution in [-0.4, -0.2) is 15.2 Å². The minimum Gasteiger partial charge on any atom is -0.229 e. The summed E-state index contributed by atoms with van der Waals surface area (Å²) in [5.41, 5.74) is 1.57. The van der Waals surface area contributed by atoms with E-state index < -0.39 is 0 Å². The Kier molecular flexibility index (Phi) is 3.47. The second-order valence-corrected chi connectivity index (χ2v) is 8.61. The predicted octanol–water partition coefficient (Wildman–Crippen LogP) is 4.85. The minimum atomic E-state index is 0.783. The lowest BCUT2D eigenvalue weighted by atomic mass is 9.89. The molecule has 0 radical (unpaired) electrons. The van der Waals surface area contributed by atoms with E-state index in [1.54, 1.807) is 16.8 Å². The van der Waals surface area contributed by atoms with E-state index >= 15 is 0 Å². The van der Waals surface area contributed by atoms with Crippen LogP contribution in [0.5, 0.6) is 0 Å². The molecule has 0 N–H and O–H groups in total. The first-order chi connectivity index (χ1) is 9.81. The molecule has 2 aliphatic rings. The van der Waals surface area contributed by atoms with Gasteiger partial charge in [-0.25, -0.2) is 9.97 Å². The van der Waals surface area contributed by atoms with Gasteiger partial charge in [0.2, 0.25) is 0 Å². The van der Waals surface area contributed by atoms with Gasteiger partial charge in [0.25, 0.3) is 0 Å². The van der Waals surface area contributed by atoms with Gasteiger partial charge < -0.3 is 0 Å². The Morgan fingerprint density at radius 1 is 1.20 bits per heavy atom. The molecule has 0 aromatic carbocycles. The average molecular weight is 304 g/mol. The molecule has 2 aromatic heterocycles. The Morgan fingerprint density at radius 3 is 2.90 bits per heavy atom. The van der Waals surface area contributed by atoms with Gasteiger partial charge >= 0.3 is 0 Å². The SMILES string of the molecule is C[C@H]1CCc2c(sc3ncnc(SC4CCCC4)c23)C1. The first-order valence-corrected chi connectivity index (χ1v) is 9.43.